The Labute approximate surface area is 104 Å². The zero-order valence-electron chi connectivity index (χ0n) is 9.77. The first kappa shape index (κ1) is 13.4. The molecule has 99 valence electrons. The maximum Gasteiger partial charge on any atom is 0.135 e. The van der Waals surface area contributed by atoms with Crippen LogP contribution in [0.15, 0.2) is 18.2 Å². The van der Waals surface area contributed by atoms with Gasteiger partial charge in [-0.25, -0.2) is 13.9 Å². The van der Waals surface area contributed by atoms with E-state index in [-0.39, 0.29) is 5.56 Å². The zero-order valence-corrected chi connectivity index (χ0v) is 9.77. The van der Waals surface area contributed by atoms with Crippen LogP contribution >= 0.6 is 0 Å². The van der Waals surface area contributed by atoms with Crippen molar-refractivity contribution in [3.05, 3.63) is 35.4 Å². The van der Waals surface area contributed by atoms with Crippen LogP contribution in [-0.4, -0.2) is 29.4 Å². The molecule has 1 heterocycles. The molecular formula is C12H15F2N2O2. The lowest BCUT2D eigenvalue weighted by molar-refractivity contribution is -0.0899. The summed E-state index contributed by atoms with van der Waals surface area (Å²) >= 11 is 0. The van der Waals surface area contributed by atoms with E-state index in [0.29, 0.717) is 19.4 Å². The van der Waals surface area contributed by atoms with E-state index in [1.54, 1.807) is 0 Å². The summed E-state index contributed by atoms with van der Waals surface area (Å²) in [6, 6.07) is 3.02. The van der Waals surface area contributed by atoms with Crippen molar-refractivity contribution in [2.75, 3.05) is 13.2 Å². The van der Waals surface area contributed by atoms with Gasteiger partial charge in [-0.15, -0.1) is 0 Å². The van der Waals surface area contributed by atoms with Crippen molar-refractivity contribution < 1.29 is 19.0 Å². The van der Waals surface area contributed by atoms with E-state index in [1.807, 2.05) is 0 Å². The van der Waals surface area contributed by atoms with Crippen LogP contribution in [0.4, 0.5) is 8.78 Å². The van der Waals surface area contributed by atoms with Crippen LogP contribution in [0.25, 0.3) is 0 Å². The molecule has 18 heavy (non-hydrogen) atoms. The molecular weight excluding hydrogens is 242 g/mol. The zero-order chi connectivity index (χ0) is 13.3. The third-order valence-electron chi connectivity index (χ3n) is 3.37. The van der Waals surface area contributed by atoms with Gasteiger partial charge in [0.15, 0.2) is 0 Å². The van der Waals surface area contributed by atoms with E-state index < -0.39 is 30.1 Å². The topological polar surface area (TPSA) is 69.4 Å². The fraction of sp³-hybridized carbons (Fsp3) is 0.500. The van der Waals surface area contributed by atoms with Gasteiger partial charge in [0.2, 0.25) is 0 Å². The van der Waals surface area contributed by atoms with Gasteiger partial charge in [0, 0.05) is 12.1 Å². The summed E-state index contributed by atoms with van der Waals surface area (Å²) in [5, 5.41) is 20.4. The van der Waals surface area contributed by atoms with Crippen molar-refractivity contribution in [2.24, 2.45) is 5.73 Å². The van der Waals surface area contributed by atoms with E-state index in [0.717, 1.165) is 18.2 Å². The van der Waals surface area contributed by atoms with E-state index in [2.05, 4.69) is 0 Å². The Balaban J connectivity index is 2.43. The highest BCUT2D eigenvalue weighted by Crippen LogP contribution is 2.36. The summed E-state index contributed by atoms with van der Waals surface area (Å²) in [6.07, 6.45) is -0.311. The van der Waals surface area contributed by atoms with Crippen LogP contribution in [0.5, 0.6) is 0 Å². The molecule has 0 aliphatic carbocycles. The van der Waals surface area contributed by atoms with Crippen molar-refractivity contribution in [3.8, 4) is 0 Å². The molecule has 2 atom stereocenters. The summed E-state index contributed by atoms with van der Waals surface area (Å²) in [5.74, 6) is -1.23. The second kappa shape index (κ2) is 4.89. The molecule has 1 radical (unpaired) electrons. The minimum atomic E-state index is -1.32. The van der Waals surface area contributed by atoms with Crippen LogP contribution in [0, 0.1) is 11.6 Å². The number of nitrogens with two attached hydrogens (primary N) is 1. The molecule has 3 N–H and O–H groups in total. The van der Waals surface area contributed by atoms with Gasteiger partial charge in [-0.05, 0) is 31.0 Å². The van der Waals surface area contributed by atoms with Crippen molar-refractivity contribution in [1.29, 1.82) is 0 Å². The third-order valence-corrected chi connectivity index (χ3v) is 3.37. The second-order valence-electron chi connectivity index (χ2n) is 4.49. The molecule has 1 saturated heterocycles. The Morgan fingerprint density at radius 1 is 1.50 bits per heavy atom. The molecule has 0 spiro atoms. The predicted octanol–water partition coefficient (Wildman–Crippen LogP) is 0.921. The average Bonchev–Trinajstić information content (AvgIpc) is 2.74. The number of aliphatic hydroxyl groups is 1. The Morgan fingerprint density at radius 2 is 2.22 bits per heavy atom. The van der Waals surface area contributed by atoms with Crippen LogP contribution in [0.3, 0.4) is 0 Å². The molecule has 1 aliphatic heterocycles. The van der Waals surface area contributed by atoms with Crippen LogP contribution in [-0.2, 0) is 10.8 Å². The standard InChI is InChI=1S/C12H15F2N2O2/c13-8-2-3-10(14)9(6-8)12(15)4-1-5-16(12)11(18)7-17/h2-3,6,11,18H,1,4-5,7,15H2/t11?,12-/m1/s1. The lowest BCUT2D eigenvalue weighted by Crippen LogP contribution is -2.54. The number of hydrogen-bond acceptors (Lipinski definition) is 3. The molecule has 6 heteroatoms. The molecule has 0 amide bonds. The van der Waals surface area contributed by atoms with E-state index in [4.69, 9.17) is 5.73 Å². The number of rotatable bonds is 3. The summed E-state index contributed by atoms with van der Waals surface area (Å²) < 4.78 is 27.0. The fourth-order valence-corrected chi connectivity index (χ4v) is 2.49. The highest BCUT2D eigenvalue weighted by atomic mass is 19.1. The molecule has 1 aliphatic rings. The average molecular weight is 257 g/mol. The number of nitrogens with zero attached hydrogens (tertiary/aromatic N) is 1. The third kappa shape index (κ3) is 2.12. The van der Waals surface area contributed by atoms with Gasteiger partial charge in [-0.1, -0.05) is 0 Å². The molecule has 4 nitrogen and oxygen atoms in total. The summed E-state index contributed by atoms with van der Waals surface area (Å²) in [7, 11) is 0. The van der Waals surface area contributed by atoms with E-state index in [9.17, 15) is 19.0 Å². The van der Waals surface area contributed by atoms with E-state index in [1.165, 1.54) is 4.90 Å². The monoisotopic (exact) mass is 257 g/mol. The number of aliphatic hydroxyl groups excluding tert-OH is 1. The molecule has 0 saturated carbocycles. The number of hydrogen-bond donors (Lipinski definition) is 2. The minimum Gasteiger partial charge on any atom is -0.376 e. The molecule has 1 aromatic carbocycles. The summed E-state index contributed by atoms with van der Waals surface area (Å²) in [5.41, 5.74) is 4.75. The first-order valence-electron chi connectivity index (χ1n) is 5.76. The van der Waals surface area contributed by atoms with Gasteiger partial charge in [-0.2, -0.15) is 0 Å². The van der Waals surface area contributed by atoms with Gasteiger partial charge >= 0.3 is 0 Å². The second-order valence-corrected chi connectivity index (χ2v) is 4.49. The Kier molecular flexibility index (Phi) is 3.63. The Hall–Kier alpha value is -1.08. The van der Waals surface area contributed by atoms with Gasteiger partial charge in [-0.3, -0.25) is 4.90 Å². The highest BCUT2D eigenvalue weighted by Gasteiger charge is 2.43. The molecule has 2 rings (SSSR count). The van der Waals surface area contributed by atoms with Crippen LogP contribution < -0.4 is 5.73 Å². The Morgan fingerprint density at radius 3 is 2.89 bits per heavy atom. The first-order chi connectivity index (χ1) is 8.49. The van der Waals surface area contributed by atoms with Crippen molar-refractivity contribution in [2.45, 2.75) is 24.7 Å². The van der Waals surface area contributed by atoms with Gasteiger partial charge in [0.1, 0.15) is 30.1 Å². The smallest absolute Gasteiger partial charge is 0.135 e. The number of halogens is 2. The van der Waals surface area contributed by atoms with Crippen molar-refractivity contribution in [3.63, 3.8) is 0 Å². The Bertz CT molecular complexity index is 444. The van der Waals surface area contributed by atoms with Crippen LogP contribution in [0.1, 0.15) is 18.4 Å². The quantitative estimate of drug-likeness (QED) is 0.846. The van der Waals surface area contributed by atoms with E-state index >= 15 is 0 Å². The molecule has 0 aromatic heterocycles. The molecule has 1 fully saturated rings. The largest absolute Gasteiger partial charge is 0.376 e. The first-order valence-corrected chi connectivity index (χ1v) is 5.76. The molecule has 0 bridgehead atoms. The lowest BCUT2D eigenvalue weighted by atomic mass is 9.96. The summed E-state index contributed by atoms with van der Waals surface area (Å²) in [4.78, 5) is 1.33. The minimum absolute atomic E-state index is 0.0208. The maximum atomic E-state index is 13.8. The molecule has 1 aromatic rings. The predicted molar refractivity (Wildman–Crippen MR) is 59.7 cm³/mol. The molecule has 1 unspecified atom stereocenters. The van der Waals surface area contributed by atoms with Gasteiger partial charge in [0.05, 0.1) is 0 Å². The van der Waals surface area contributed by atoms with Crippen LogP contribution in [0.2, 0.25) is 0 Å². The summed E-state index contributed by atoms with van der Waals surface area (Å²) in [6.45, 7) is -0.369. The maximum absolute atomic E-state index is 13.8. The number of likely N-dealkylation sites (tertiary alicyclic amines) is 1. The van der Waals surface area contributed by atoms with Gasteiger partial charge < -0.3 is 10.8 Å². The lowest BCUT2D eigenvalue weighted by Gasteiger charge is -2.37. The normalized spacial score (nSPS) is 26.5. The number of benzene rings is 1. The fourth-order valence-electron chi connectivity index (χ4n) is 2.49. The van der Waals surface area contributed by atoms with Gasteiger partial charge in [0.25, 0.3) is 0 Å². The highest BCUT2D eigenvalue weighted by molar-refractivity contribution is 5.27. The SMILES string of the molecule is N[C@]1(c2cc(F)ccc2F)CCCN1C(O)C[O]. The van der Waals surface area contributed by atoms with Crippen molar-refractivity contribution in [1.82, 2.24) is 4.90 Å². The van der Waals surface area contributed by atoms with Crippen molar-refractivity contribution >= 4 is 0 Å².